The molecule has 0 radical (unpaired) electrons. The summed E-state index contributed by atoms with van der Waals surface area (Å²) in [6.45, 7) is 0.0562. The van der Waals surface area contributed by atoms with E-state index in [9.17, 15) is 0 Å². The maximum Gasteiger partial charge on any atom is 0.421 e. The Balaban J connectivity index is 1.34. The van der Waals surface area contributed by atoms with Crippen LogP contribution in [0.5, 0.6) is 0 Å². The second-order valence-electron chi connectivity index (χ2n) is 10.9. The monoisotopic (exact) mass is 508 g/mol. The van der Waals surface area contributed by atoms with Crippen molar-refractivity contribution in [3.05, 3.63) is 127 Å². The lowest BCUT2D eigenvalue weighted by atomic mass is 9.60. The van der Waals surface area contributed by atoms with Gasteiger partial charge < -0.3 is 13.7 Å². The Morgan fingerprint density at radius 1 is 0.525 bits per heavy atom. The predicted octanol–water partition coefficient (Wildman–Crippen LogP) is 8.74. The van der Waals surface area contributed by atoms with Gasteiger partial charge in [0, 0.05) is 43.9 Å². The van der Waals surface area contributed by atoms with Crippen molar-refractivity contribution in [2.45, 2.75) is 0 Å². The molecule has 10 rings (SSSR count). The summed E-state index contributed by atoms with van der Waals surface area (Å²) in [6.07, 6.45) is 0. The van der Waals surface area contributed by atoms with Crippen molar-refractivity contribution in [1.82, 2.24) is 4.48 Å². The van der Waals surface area contributed by atoms with Crippen molar-refractivity contribution in [2.24, 2.45) is 0 Å². The predicted molar refractivity (Wildman–Crippen MR) is 167 cm³/mol. The normalized spacial score (nSPS) is 13.4. The number of fused-ring (bicyclic) bond motifs is 14. The van der Waals surface area contributed by atoms with Gasteiger partial charge in [-0.05, 0) is 46.9 Å². The average Bonchev–Trinajstić information content (AvgIpc) is 3.68. The second-order valence-corrected chi connectivity index (χ2v) is 10.9. The molecule has 0 spiro atoms. The molecule has 0 saturated heterocycles. The summed E-state index contributed by atoms with van der Waals surface area (Å²) in [5.74, 6) is 0. The molecule has 2 aromatic heterocycles. The second kappa shape index (κ2) is 7.25. The number of nitrogens with zero attached hydrogens (tertiary/aromatic N) is 2. The van der Waals surface area contributed by atoms with E-state index in [0.29, 0.717) is 0 Å². The van der Waals surface area contributed by atoms with Crippen LogP contribution in [0.2, 0.25) is 0 Å². The maximum atomic E-state index is 6.50. The van der Waals surface area contributed by atoms with Crippen LogP contribution < -0.4 is 10.3 Å². The molecule has 6 aromatic carbocycles. The molecule has 0 amide bonds. The van der Waals surface area contributed by atoms with E-state index in [2.05, 4.69) is 131 Å². The molecular formula is C36H21BN2O. The van der Waals surface area contributed by atoms with Crippen LogP contribution in [0, 0.1) is 0 Å². The highest BCUT2D eigenvalue weighted by atomic mass is 16.3. The third-order valence-corrected chi connectivity index (χ3v) is 8.94. The minimum atomic E-state index is 0.0562. The molecular weight excluding hydrogens is 487 g/mol. The number of hydrogen-bond acceptors (Lipinski definition) is 2. The van der Waals surface area contributed by atoms with Gasteiger partial charge in [-0.15, -0.1) is 0 Å². The standard InChI is InChI=1S/C36H21BN2O/c1-5-16-30-24(10-1)25-11-2-6-17-31(25)38-33-21-22(20-29-26-12-3-7-18-32(26)39(35(29)33)37(30)38)23-14-9-15-28-27-13-4-8-19-34(27)40-36(23)28/h1-21H. The summed E-state index contributed by atoms with van der Waals surface area (Å²) in [5.41, 5.74) is 13.1. The fourth-order valence-corrected chi connectivity index (χ4v) is 7.34. The van der Waals surface area contributed by atoms with Crippen molar-refractivity contribution in [3.8, 4) is 22.3 Å². The molecule has 4 heteroatoms. The Bertz CT molecular complexity index is 2360. The Morgan fingerprint density at radius 3 is 2.20 bits per heavy atom. The largest absolute Gasteiger partial charge is 0.455 e. The smallest absolute Gasteiger partial charge is 0.421 e. The zero-order chi connectivity index (χ0) is 25.9. The van der Waals surface area contributed by atoms with Crippen LogP contribution in [-0.2, 0) is 0 Å². The summed E-state index contributed by atoms with van der Waals surface area (Å²) in [7, 11) is 0. The highest BCUT2D eigenvalue weighted by molar-refractivity contribution is 6.82. The lowest BCUT2D eigenvalue weighted by Crippen LogP contribution is -2.51. The van der Waals surface area contributed by atoms with Gasteiger partial charge in [-0.25, -0.2) is 0 Å². The molecule has 0 N–H and O–H groups in total. The quantitative estimate of drug-likeness (QED) is 0.207. The minimum Gasteiger partial charge on any atom is -0.455 e. The van der Waals surface area contributed by atoms with Crippen molar-refractivity contribution in [3.63, 3.8) is 0 Å². The van der Waals surface area contributed by atoms with Gasteiger partial charge in [-0.2, -0.15) is 0 Å². The lowest BCUT2D eigenvalue weighted by Gasteiger charge is -2.34. The zero-order valence-corrected chi connectivity index (χ0v) is 21.5. The fraction of sp³-hybridized carbons (Fsp3) is 0. The third-order valence-electron chi connectivity index (χ3n) is 8.94. The zero-order valence-electron chi connectivity index (χ0n) is 21.5. The van der Waals surface area contributed by atoms with Crippen molar-refractivity contribution in [1.29, 1.82) is 0 Å². The number of aromatic nitrogens is 1. The van der Waals surface area contributed by atoms with Crippen LogP contribution >= 0.6 is 0 Å². The molecule has 40 heavy (non-hydrogen) atoms. The first kappa shape index (κ1) is 20.7. The molecule has 0 atom stereocenters. The molecule has 0 bridgehead atoms. The summed E-state index contributed by atoms with van der Waals surface area (Å²) in [4.78, 5) is 2.55. The number of para-hydroxylation sites is 4. The fourth-order valence-electron chi connectivity index (χ4n) is 7.34. The SMILES string of the molecule is c1ccc2c(c1)B1N(c3ccccc3-2)c2cc(-c3cccc4c3oc3ccccc34)cc3c4ccccc4n1c23. The molecule has 0 saturated carbocycles. The van der Waals surface area contributed by atoms with E-state index in [4.69, 9.17) is 4.42 Å². The van der Waals surface area contributed by atoms with Gasteiger partial charge in [0.05, 0.1) is 11.2 Å². The first-order chi connectivity index (χ1) is 19.9. The van der Waals surface area contributed by atoms with Gasteiger partial charge in [-0.3, -0.25) is 0 Å². The van der Waals surface area contributed by atoms with E-state index >= 15 is 0 Å². The number of furan rings is 1. The highest BCUT2D eigenvalue weighted by Gasteiger charge is 2.45. The maximum absolute atomic E-state index is 6.50. The summed E-state index contributed by atoms with van der Waals surface area (Å²) in [5, 5.41) is 4.87. The molecule has 8 aromatic rings. The van der Waals surface area contributed by atoms with Crippen LogP contribution in [0.25, 0.3) is 66.0 Å². The molecule has 2 aliphatic heterocycles. The number of anilines is 2. The van der Waals surface area contributed by atoms with Crippen LogP contribution in [0.4, 0.5) is 11.4 Å². The Labute approximate surface area is 230 Å². The van der Waals surface area contributed by atoms with Gasteiger partial charge in [-0.1, -0.05) is 97.1 Å². The van der Waals surface area contributed by atoms with Crippen LogP contribution in [0.3, 0.4) is 0 Å². The number of rotatable bonds is 1. The third kappa shape index (κ3) is 2.43. The van der Waals surface area contributed by atoms with Gasteiger partial charge in [0.15, 0.2) is 0 Å². The average molecular weight is 508 g/mol. The van der Waals surface area contributed by atoms with Crippen LogP contribution in [-0.4, -0.2) is 11.5 Å². The van der Waals surface area contributed by atoms with E-state index in [1.54, 1.807) is 0 Å². The Kier molecular flexibility index (Phi) is 3.75. The van der Waals surface area contributed by atoms with Crippen LogP contribution in [0.15, 0.2) is 132 Å². The Hall–Kier alpha value is -5.22. The topological polar surface area (TPSA) is 21.3 Å². The van der Waals surface area contributed by atoms with Gasteiger partial charge in [0.2, 0.25) is 0 Å². The number of benzene rings is 6. The number of hydrogen-bond donors (Lipinski definition) is 0. The first-order valence-corrected chi connectivity index (χ1v) is 13.8. The van der Waals surface area contributed by atoms with Gasteiger partial charge >= 0.3 is 6.98 Å². The van der Waals surface area contributed by atoms with E-state index in [-0.39, 0.29) is 6.98 Å². The molecule has 0 aliphatic carbocycles. The lowest BCUT2D eigenvalue weighted by molar-refractivity contribution is 0.670. The summed E-state index contributed by atoms with van der Waals surface area (Å²) < 4.78 is 9.05. The molecule has 0 unspecified atom stereocenters. The first-order valence-electron chi connectivity index (χ1n) is 13.8. The highest BCUT2D eigenvalue weighted by Crippen LogP contribution is 2.50. The van der Waals surface area contributed by atoms with Gasteiger partial charge in [0.25, 0.3) is 0 Å². The van der Waals surface area contributed by atoms with E-state index in [1.165, 1.54) is 55.3 Å². The van der Waals surface area contributed by atoms with Crippen molar-refractivity contribution in [2.75, 3.05) is 4.81 Å². The van der Waals surface area contributed by atoms with Crippen molar-refractivity contribution >= 4 is 67.6 Å². The minimum absolute atomic E-state index is 0.0562. The molecule has 4 heterocycles. The Morgan fingerprint density at radius 2 is 1.25 bits per heavy atom. The van der Waals surface area contributed by atoms with E-state index in [0.717, 1.165) is 27.5 Å². The molecule has 3 nitrogen and oxygen atoms in total. The molecule has 184 valence electrons. The van der Waals surface area contributed by atoms with E-state index < -0.39 is 0 Å². The van der Waals surface area contributed by atoms with Gasteiger partial charge in [0.1, 0.15) is 11.2 Å². The van der Waals surface area contributed by atoms with Crippen molar-refractivity contribution < 1.29 is 4.42 Å². The summed E-state index contributed by atoms with van der Waals surface area (Å²) >= 11 is 0. The summed E-state index contributed by atoms with van der Waals surface area (Å²) in [6, 6.07) is 46.2. The van der Waals surface area contributed by atoms with E-state index in [1.807, 2.05) is 6.07 Å². The molecule has 2 aliphatic rings. The molecule has 0 fully saturated rings. The van der Waals surface area contributed by atoms with Crippen LogP contribution in [0.1, 0.15) is 0 Å².